The topological polar surface area (TPSA) is 112 Å². The Hall–Kier alpha value is -5.38. The number of hydrogen-bond acceptors (Lipinski definition) is 9. The normalized spacial score (nSPS) is 12.8. The Kier molecular flexibility index (Phi) is 11.4. The number of nitrogens with zero attached hydrogens (tertiary/aromatic N) is 3. The minimum Gasteiger partial charge on any atom is -0.497 e. The van der Waals surface area contributed by atoms with Crippen molar-refractivity contribution in [3.8, 4) is 11.6 Å². The van der Waals surface area contributed by atoms with Gasteiger partial charge in [-0.1, -0.05) is 61.2 Å². The molecule has 2 aromatic heterocycles. The van der Waals surface area contributed by atoms with Gasteiger partial charge in [-0.15, -0.1) is 0 Å². The molecule has 0 saturated heterocycles. The van der Waals surface area contributed by atoms with E-state index in [1.54, 1.807) is 32.4 Å². The monoisotopic (exact) mass is 636 g/mol. The number of anilines is 1. The van der Waals surface area contributed by atoms with Gasteiger partial charge >= 0.3 is 12.1 Å². The number of pyridine rings is 2. The Bertz CT molecular complexity index is 1640. The summed E-state index contributed by atoms with van der Waals surface area (Å²) in [6, 6.07) is 24.2. The maximum atomic E-state index is 12.7. The number of aromatic nitrogens is 2. The van der Waals surface area contributed by atoms with Crippen LogP contribution in [-0.2, 0) is 46.7 Å². The average Bonchev–Trinajstić information content (AvgIpc) is 3.08. The van der Waals surface area contributed by atoms with Gasteiger partial charge in [0.15, 0.2) is 0 Å². The van der Waals surface area contributed by atoms with Crippen LogP contribution in [0, 0.1) is 0 Å². The van der Waals surface area contributed by atoms with Crippen molar-refractivity contribution in [3.05, 3.63) is 125 Å². The molecule has 1 aliphatic heterocycles. The van der Waals surface area contributed by atoms with Gasteiger partial charge in [0.25, 0.3) is 0 Å². The minimum absolute atomic E-state index is 0.0748. The van der Waals surface area contributed by atoms with E-state index in [4.69, 9.17) is 23.9 Å². The van der Waals surface area contributed by atoms with Crippen molar-refractivity contribution in [1.82, 2.24) is 15.3 Å². The molecule has 4 aromatic rings. The van der Waals surface area contributed by atoms with E-state index in [2.05, 4.69) is 46.0 Å². The highest BCUT2D eigenvalue weighted by atomic mass is 16.6. The maximum Gasteiger partial charge on any atom is 0.408 e. The molecule has 47 heavy (non-hydrogen) atoms. The number of allylic oxidation sites excluding steroid dienone is 1. The maximum absolute atomic E-state index is 12.7. The Morgan fingerprint density at radius 2 is 1.77 bits per heavy atom. The predicted octanol–water partition coefficient (Wildman–Crippen LogP) is 5.97. The lowest BCUT2D eigenvalue weighted by atomic mass is 10.0. The van der Waals surface area contributed by atoms with Gasteiger partial charge in [0.2, 0.25) is 5.88 Å². The van der Waals surface area contributed by atoms with E-state index in [0.29, 0.717) is 24.5 Å². The molecule has 1 atom stereocenters. The summed E-state index contributed by atoms with van der Waals surface area (Å²) in [6.45, 7) is 7.41. The number of nitrogens with one attached hydrogen (secondary N) is 1. The van der Waals surface area contributed by atoms with Crippen LogP contribution in [0.25, 0.3) is 0 Å². The number of carbonyl (C=O) groups is 2. The van der Waals surface area contributed by atoms with Crippen LogP contribution in [0.15, 0.2) is 97.4 Å². The van der Waals surface area contributed by atoms with Crippen molar-refractivity contribution in [2.45, 2.75) is 51.8 Å². The highest BCUT2D eigenvalue weighted by Crippen LogP contribution is 2.27. The summed E-state index contributed by atoms with van der Waals surface area (Å²) in [6.07, 6.45) is 3.76. The number of rotatable bonds is 14. The third-order valence-electron chi connectivity index (χ3n) is 7.63. The second-order valence-corrected chi connectivity index (χ2v) is 11.3. The number of methoxy groups -OCH3 is 1. The highest BCUT2D eigenvalue weighted by Gasteiger charge is 2.24. The van der Waals surface area contributed by atoms with Gasteiger partial charge in [-0.2, -0.15) is 0 Å². The van der Waals surface area contributed by atoms with Crippen molar-refractivity contribution in [2.75, 3.05) is 25.2 Å². The lowest BCUT2D eigenvalue weighted by Crippen LogP contribution is -2.43. The standard InChI is InChI=1S/C37H40N4O6/c1-26(2)47-36(42)33(40-37(43)46-25-28-8-5-4-6-9-28)22-29-13-18-34(38-23-29)45-21-19-31-15-14-30-10-7-20-41(35(30)39-31)24-27-11-16-32(44-3)17-12-27/h4-6,8-9,11-18,23,33H,1,7,10,19-22,24-25H2,2-3H3,(H,40,43)/t33-/m0/s1. The van der Waals surface area contributed by atoms with Crippen LogP contribution in [-0.4, -0.2) is 48.3 Å². The molecular weight excluding hydrogens is 596 g/mol. The van der Waals surface area contributed by atoms with Crippen LogP contribution in [0.3, 0.4) is 0 Å². The fourth-order valence-corrected chi connectivity index (χ4v) is 5.25. The number of alkyl carbamates (subject to hydrolysis) is 1. The van der Waals surface area contributed by atoms with Gasteiger partial charge in [-0.05, 0) is 60.2 Å². The van der Waals surface area contributed by atoms with Crippen molar-refractivity contribution >= 4 is 17.9 Å². The van der Waals surface area contributed by atoms with E-state index >= 15 is 0 Å². The summed E-state index contributed by atoms with van der Waals surface area (Å²) in [5.74, 6) is 1.90. The van der Waals surface area contributed by atoms with Gasteiger partial charge in [0.05, 0.1) is 19.5 Å². The summed E-state index contributed by atoms with van der Waals surface area (Å²) < 4.78 is 21.7. The molecule has 3 heterocycles. The number of amides is 1. The summed E-state index contributed by atoms with van der Waals surface area (Å²) in [7, 11) is 1.67. The Morgan fingerprint density at radius 1 is 0.979 bits per heavy atom. The molecule has 0 spiro atoms. The van der Waals surface area contributed by atoms with Crippen molar-refractivity contribution in [1.29, 1.82) is 0 Å². The fourth-order valence-electron chi connectivity index (χ4n) is 5.25. The molecule has 10 nitrogen and oxygen atoms in total. The molecule has 244 valence electrons. The van der Waals surface area contributed by atoms with Crippen LogP contribution in [0.2, 0.25) is 0 Å². The van der Waals surface area contributed by atoms with E-state index in [9.17, 15) is 9.59 Å². The van der Waals surface area contributed by atoms with E-state index in [-0.39, 0.29) is 18.8 Å². The molecule has 0 radical (unpaired) electrons. The molecule has 0 bridgehead atoms. The third kappa shape index (κ3) is 9.80. The SMILES string of the molecule is C=C(C)OC(=O)[C@H](Cc1ccc(OCCc2ccc3c(n2)N(Cc2ccc(OC)cc2)CCC3)nc1)NC(=O)OCc1ccccc1. The molecule has 10 heteroatoms. The Labute approximate surface area is 275 Å². The van der Waals surface area contributed by atoms with E-state index in [0.717, 1.165) is 48.8 Å². The largest absolute Gasteiger partial charge is 0.497 e. The molecule has 0 aliphatic carbocycles. The Morgan fingerprint density at radius 3 is 2.49 bits per heavy atom. The van der Waals surface area contributed by atoms with E-state index < -0.39 is 18.1 Å². The molecule has 2 aromatic carbocycles. The van der Waals surface area contributed by atoms with Gasteiger partial charge in [-0.3, -0.25) is 0 Å². The number of carbonyl (C=O) groups excluding carboxylic acids is 2. The average molecular weight is 637 g/mol. The number of hydrogen-bond donors (Lipinski definition) is 1. The number of benzene rings is 2. The minimum atomic E-state index is -0.997. The van der Waals surface area contributed by atoms with Crippen molar-refractivity contribution in [2.24, 2.45) is 0 Å². The van der Waals surface area contributed by atoms with Gasteiger partial charge in [0.1, 0.15) is 24.2 Å². The summed E-state index contributed by atoms with van der Waals surface area (Å²) >= 11 is 0. The van der Waals surface area contributed by atoms with E-state index in [1.165, 1.54) is 11.1 Å². The number of fused-ring (bicyclic) bond motifs is 1. The molecule has 1 N–H and O–H groups in total. The number of aryl methyl sites for hydroxylation is 1. The molecule has 1 amide bonds. The second kappa shape index (κ2) is 16.3. The molecule has 1 aliphatic rings. The van der Waals surface area contributed by atoms with Gasteiger partial charge in [0, 0.05) is 43.9 Å². The lowest BCUT2D eigenvalue weighted by Gasteiger charge is -2.30. The first kappa shape index (κ1) is 33.0. The van der Waals surface area contributed by atoms with Crippen LogP contribution in [0.1, 0.15) is 41.3 Å². The molecule has 5 rings (SSSR count). The summed E-state index contributed by atoms with van der Waals surface area (Å²) in [4.78, 5) is 37.0. The van der Waals surface area contributed by atoms with Gasteiger partial charge in [-0.25, -0.2) is 19.6 Å². The zero-order valence-corrected chi connectivity index (χ0v) is 26.8. The first-order valence-electron chi connectivity index (χ1n) is 15.6. The van der Waals surface area contributed by atoms with Gasteiger partial charge < -0.3 is 29.2 Å². The lowest BCUT2D eigenvalue weighted by molar-refractivity contribution is -0.141. The zero-order chi connectivity index (χ0) is 33.0. The van der Waals surface area contributed by atoms with E-state index in [1.807, 2.05) is 42.5 Å². The molecule has 0 unspecified atom stereocenters. The smallest absolute Gasteiger partial charge is 0.408 e. The van der Waals surface area contributed by atoms with Crippen molar-refractivity contribution in [3.63, 3.8) is 0 Å². The Balaban J connectivity index is 1.14. The summed E-state index contributed by atoms with van der Waals surface area (Å²) in [5, 5.41) is 2.60. The molecule has 0 saturated carbocycles. The first-order valence-corrected chi connectivity index (χ1v) is 15.6. The molecule has 0 fully saturated rings. The van der Waals surface area contributed by atoms with Crippen LogP contribution in [0.5, 0.6) is 11.6 Å². The van der Waals surface area contributed by atoms with Crippen molar-refractivity contribution < 1.29 is 28.5 Å². The second-order valence-electron chi connectivity index (χ2n) is 11.3. The predicted molar refractivity (Wildman–Crippen MR) is 178 cm³/mol. The summed E-state index contributed by atoms with van der Waals surface area (Å²) in [5.41, 5.74) is 4.96. The fraction of sp³-hybridized carbons (Fsp3) is 0.297. The van der Waals surface area contributed by atoms with Crippen LogP contribution < -0.4 is 19.7 Å². The number of esters is 1. The number of ether oxygens (including phenoxy) is 4. The quantitative estimate of drug-likeness (QED) is 0.132. The molecular formula is C37H40N4O6. The van der Waals surface area contributed by atoms with Crippen LogP contribution >= 0.6 is 0 Å². The zero-order valence-electron chi connectivity index (χ0n) is 26.8. The highest BCUT2D eigenvalue weighted by molar-refractivity contribution is 5.82. The van der Waals surface area contributed by atoms with Crippen LogP contribution in [0.4, 0.5) is 10.6 Å². The third-order valence-corrected chi connectivity index (χ3v) is 7.63. The first-order chi connectivity index (χ1) is 22.9.